The summed E-state index contributed by atoms with van der Waals surface area (Å²) < 4.78 is 5.56. The molecule has 0 saturated heterocycles. The second kappa shape index (κ2) is 8.44. The standard InChI is InChI=1S/C17H26N2OS/c1-4-20-11-16(13(2)3)19-17-18-15(12-21-17)10-14-8-6-5-7-9-14/h5-9,13,15-16H,4,10-12H2,1-3H3,(H,18,19). The molecule has 116 valence electrons. The summed E-state index contributed by atoms with van der Waals surface area (Å²) in [5.41, 5.74) is 1.36. The molecular weight excluding hydrogens is 280 g/mol. The lowest BCUT2D eigenvalue weighted by Crippen LogP contribution is -2.40. The molecule has 2 rings (SSSR count). The van der Waals surface area contributed by atoms with Gasteiger partial charge in [-0.1, -0.05) is 55.9 Å². The van der Waals surface area contributed by atoms with E-state index in [4.69, 9.17) is 9.73 Å². The van der Waals surface area contributed by atoms with Crippen LogP contribution in [0, 0.1) is 5.92 Å². The molecule has 0 spiro atoms. The van der Waals surface area contributed by atoms with E-state index in [2.05, 4.69) is 49.5 Å². The van der Waals surface area contributed by atoms with Crippen molar-refractivity contribution in [2.24, 2.45) is 10.9 Å². The molecule has 0 bridgehead atoms. The average molecular weight is 306 g/mol. The van der Waals surface area contributed by atoms with Gasteiger partial charge in [0.05, 0.1) is 18.7 Å². The van der Waals surface area contributed by atoms with Gasteiger partial charge in [-0.25, -0.2) is 0 Å². The van der Waals surface area contributed by atoms with Gasteiger partial charge in [-0.3, -0.25) is 4.99 Å². The molecule has 0 saturated carbocycles. The highest BCUT2D eigenvalue weighted by Gasteiger charge is 2.22. The lowest BCUT2D eigenvalue weighted by atomic mass is 10.1. The Kier molecular flexibility index (Phi) is 6.58. The number of hydrogen-bond donors (Lipinski definition) is 1. The number of aliphatic imine (C=N–C) groups is 1. The van der Waals surface area contributed by atoms with E-state index in [1.54, 1.807) is 0 Å². The minimum absolute atomic E-state index is 0.340. The van der Waals surface area contributed by atoms with E-state index in [1.165, 1.54) is 5.56 Å². The molecule has 0 aromatic heterocycles. The Morgan fingerprint density at radius 3 is 2.76 bits per heavy atom. The van der Waals surface area contributed by atoms with Crippen LogP contribution in [0.15, 0.2) is 35.3 Å². The van der Waals surface area contributed by atoms with E-state index in [1.807, 2.05) is 18.7 Å². The summed E-state index contributed by atoms with van der Waals surface area (Å²) in [6.45, 7) is 7.99. The number of benzene rings is 1. The van der Waals surface area contributed by atoms with Crippen LogP contribution in [-0.4, -0.2) is 36.2 Å². The lowest BCUT2D eigenvalue weighted by Gasteiger charge is -2.22. The smallest absolute Gasteiger partial charge is 0.157 e. The van der Waals surface area contributed by atoms with Crippen LogP contribution in [0.25, 0.3) is 0 Å². The molecular formula is C17H26N2OS. The molecule has 1 aliphatic rings. The Labute approximate surface area is 132 Å². The molecule has 1 aromatic rings. The maximum absolute atomic E-state index is 5.56. The number of amidine groups is 1. The third-order valence-corrected chi connectivity index (χ3v) is 4.69. The molecule has 1 heterocycles. The van der Waals surface area contributed by atoms with Gasteiger partial charge in [0.15, 0.2) is 5.17 Å². The molecule has 0 fully saturated rings. The van der Waals surface area contributed by atoms with Crippen molar-refractivity contribution >= 4 is 16.9 Å². The van der Waals surface area contributed by atoms with Crippen LogP contribution in [0.1, 0.15) is 26.3 Å². The highest BCUT2D eigenvalue weighted by atomic mass is 32.2. The van der Waals surface area contributed by atoms with Gasteiger partial charge in [-0.2, -0.15) is 0 Å². The zero-order valence-electron chi connectivity index (χ0n) is 13.2. The summed E-state index contributed by atoms with van der Waals surface area (Å²) in [4.78, 5) is 4.83. The topological polar surface area (TPSA) is 33.6 Å². The number of ether oxygens (including phenoxy) is 1. The Bertz CT molecular complexity index is 447. The first kappa shape index (κ1) is 16.4. The predicted molar refractivity (Wildman–Crippen MR) is 92.1 cm³/mol. The Morgan fingerprint density at radius 1 is 1.33 bits per heavy atom. The van der Waals surface area contributed by atoms with E-state index in [0.717, 1.165) is 30.6 Å². The van der Waals surface area contributed by atoms with Crippen LogP contribution in [0.2, 0.25) is 0 Å². The third-order valence-electron chi connectivity index (χ3n) is 3.64. The van der Waals surface area contributed by atoms with Gasteiger partial charge >= 0.3 is 0 Å². The van der Waals surface area contributed by atoms with Crippen molar-refractivity contribution in [3.63, 3.8) is 0 Å². The molecule has 1 aliphatic heterocycles. The Balaban J connectivity index is 1.87. The van der Waals surface area contributed by atoms with Gasteiger partial charge in [0.1, 0.15) is 0 Å². The fourth-order valence-corrected chi connectivity index (χ4v) is 3.29. The largest absolute Gasteiger partial charge is 0.380 e. The Hall–Kier alpha value is -1.00. The SMILES string of the molecule is CCOCC(NC1=NC(Cc2ccccc2)CS1)C(C)C. The number of nitrogens with one attached hydrogen (secondary N) is 1. The zero-order valence-corrected chi connectivity index (χ0v) is 14.0. The van der Waals surface area contributed by atoms with Gasteiger partial charge in [-0.15, -0.1) is 0 Å². The monoisotopic (exact) mass is 306 g/mol. The Morgan fingerprint density at radius 2 is 2.10 bits per heavy atom. The minimum atomic E-state index is 0.340. The molecule has 4 heteroatoms. The summed E-state index contributed by atoms with van der Waals surface area (Å²) in [7, 11) is 0. The summed E-state index contributed by atoms with van der Waals surface area (Å²) in [6, 6.07) is 11.3. The van der Waals surface area contributed by atoms with E-state index in [-0.39, 0.29) is 0 Å². The second-order valence-electron chi connectivity index (χ2n) is 5.74. The first-order chi connectivity index (χ1) is 10.2. The normalized spacial score (nSPS) is 19.6. The van der Waals surface area contributed by atoms with Crippen molar-refractivity contribution in [1.29, 1.82) is 0 Å². The summed E-state index contributed by atoms with van der Waals surface area (Å²) in [5.74, 6) is 1.60. The summed E-state index contributed by atoms with van der Waals surface area (Å²) >= 11 is 1.83. The van der Waals surface area contributed by atoms with Gasteiger partial charge in [-0.05, 0) is 24.8 Å². The molecule has 0 amide bonds. The van der Waals surface area contributed by atoms with Gasteiger partial charge in [0.25, 0.3) is 0 Å². The van der Waals surface area contributed by atoms with Crippen molar-refractivity contribution in [1.82, 2.24) is 5.32 Å². The maximum Gasteiger partial charge on any atom is 0.157 e. The van der Waals surface area contributed by atoms with Crippen molar-refractivity contribution in [2.75, 3.05) is 19.0 Å². The fraction of sp³-hybridized carbons (Fsp3) is 0.588. The molecule has 3 nitrogen and oxygen atoms in total. The highest BCUT2D eigenvalue weighted by Crippen LogP contribution is 2.21. The van der Waals surface area contributed by atoms with Crippen molar-refractivity contribution in [2.45, 2.75) is 39.3 Å². The van der Waals surface area contributed by atoms with E-state index < -0.39 is 0 Å². The molecule has 2 unspecified atom stereocenters. The van der Waals surface area contributed by atoms with Crippen LogP contribution in [0.5, 0.6) is 0 Å². The fourth-order valence-electron chi connectivity index (χ4n) is 2.29. The maximum atomic E-state index is 5.56. The lowest BCUT2D eigenvalue weighted by molar-refractivity contribution is 0.115. The first-order valence-electron chi connectivity index (χ1n) is 7.77. The van der Waals surface area contributed by atoms with Crippen LogP contribution < -0.4 is 5.32 Å². The quantitative estimate of drug-likeness (QED) is 0.839. The molecule has 2 atom stereocenters. The van der Waals surface area contributed by atoms with Gasteiger partial charge in [0.2, 0.25) is 0 Å². The van der Waals surface area contributed by atoms with Crippen LogP contribution in [0.4, 0.5) is 0 Å². The zero-order chi connectivity index (χ0) is 15.1. The van der Waals surface area contributed by atoms with Gasteiger partial charge in [0, 0.05) is 12.4 Å². The summed E-state index contributed by atoms with van der Waals surface area (Å²) in [5, 5.41) is 4.63. The molecule has 21 heavy (non-hydrogen) atoms. The minimum Gasteiger partial charge on any atom is -0.380 e. The van der Waals surface area contributed by atoms with Crippen molar-refractivity contribution < 1.29 is 4.74 Å². The van der Waals surface area contributed by atoms with Crippen LogP contribution in [0.3, 0.4) is 0 Å². The van der Waals surface area contributed by atoms with E-state index in [0.29, 0.717) is 18.0 Å². The summed E-state index contributed by atoms with van der Waals surface area (Å²) in [6.07, 6.45) is 1.02. The van der Waals surface area contributed by atoms with E-state index in [9.17, 15) is 0 Å². The van der Waals surface area contributed by atoms with Crippen LogP contribution >= 0.6 is 11.8 Å². The molecule has 1 aromatic carbocycles. The van der Waals surface area contributed by atoms with Crippen LogP contribution in [-0.2, 0) is 11.2 Å². The first-order valence-corrected chi connectivity index (χ1v) is 8.76. The number of thioether (sulfide) groups is 1. The molecule has 0 aliphatic carbocycles. The highest BCUT2D eigenvalue weighted by molar-refractivity contribution is 8.14. The number of hydrogen-bond acceptors (Lipinski definition) is 4. The third kappa shape index (κ3) is 5.36. The van der Waals surface area contributed by atoms with E-state index >= 15 is 0 Å². The molecule has 1 N–H and O–H groups in total. The number of nitrogens with zero attached hydrogens (tertiary/aromatic N) is 1. The second-order valence-corrected chi connectivity index (χ2v) is 6.75. The van der Waals surface area contributed by atoms with Gasteiger partial charge < -0.3 is 10.1 Å². The molecule has 0 radical (unpaired) electrons. The predicted octanol–water partition coefficient (Wildman–Crippen LogP) is 3.35. The van der Waals surface area contributed by atoms with Crippen molar-refractivity contribution in [3.05, 3.63) is 35.9 Å². The average Bonchev–Trinajstić information content (AvgIpc) is 2.91. The van der Waals surface area contributed by atoms with Crippen molar-refractivity contribution in [3.8, 4) is 0 Å². The number of rotatable bonds is 7.